The molecule has 2 aliphatic heterocycles. The van der Waals surface area contributed by atoms with Crippen molar-refractivity contribution in [3.63, 3.8) is 0 Å². The highest BCUT2D eigenvalue weighted by atomic mass is 32.1. The van der Waals surface area contributed by atoms with E-state index in [4.69, 9.17) is 9.26 Å². The number of β-amino-alcohol motifs (C(OH)–C–C–N with tert-alkyl or cyclic N) is 1. The lowest BCUT2D eigenvalue weighted by atomic mass is 9.90. The minimum atomic E-state index is -0.854. The van der Waals surface area contributed by atoms with E-state index in [-0.39, 0.29) is 81.1 Å². The van der Waals surface area contributed by atoms with E-state index in [9.17, 15) is 24.3 Å². The summed E-state index contributed by atoms with van der Waals surface area (Å²) >= 11 is 4.40. The molecule has 0 aliphatic carbocycles. The summed E-state index contributed by atoms with van der Waals surface area (Å²) < 4.78 is 11.8. The van der Waals surface area contributed by atoms with Gasteiger partial charge < -0.3 is 34.8 Å². The van der Waals surface area contributed by atoms with E-state index in [0.29, 0.717) is 21.5 Å². The van der Waals surface area contributed by atoms with Gasteiger partial charge in [-0.1, -0.05) is 92.7 Å². The topological polar surface area (TPSA) is 206 Å². The number of likely N-dealkylation sites (tertiary alicyclic amines) is 2. The fourth-order valence-corrected chi connectivity index (χ4v) is 11.6. The third kappa shape index (κ3) is 10.9. The lowest BCUT2D eigenvalue weighted by Crippen LogP contribution is -2.48. The average molecular weight is 980 g/mol. The summed E-state index contributed by atoms with van der Waals surface area (Å²) in [6.45, 7) is 14.2. The van der Waals surface area contributed by atoms with Gasteiger partial charge in [-0.3, -0.25) is 19.2 Å². The second-order valence-corrected chi connectivity index (χ2v) is 21.1. The lowest BCUT2D eigenvalue weighted by molar-refractivity contribution is -0.140. The van der Waals surface area contributed by atoms with Crippen molar-refractivity contribution in [3.05, 3.63) is 110 Å². The SMILES string of the molecule is Cc1cc([C@H](C(=O)N2C[C@H](OCc3nnc([C@H](C(=O)N4C[C@H](O)C[C@H]4C(=O)NCc4ccc(-c5scnc5C)cc4)C(C)C)s3)C[C@H]2C(=O)NCc2ccc(-c3scnc3C)cc2)C(C)C)no1. The van der Waals surface area contributed by atoms with E-state index in [1.807, 2.05) is 101 Å². The normalized spacial score (nSPS) is 19.2. The van der Waals surface area contributed by atoms with Gasteiger partial charge in [-0.05, 0) is 54.9 Å². The zero-order chi connectivity index (χ0) is 48.2. The number of amides is 4. The Hall–Kier alpha value is -5.73. The summed E-state index contributed by atoms with van der Waals surface area (Å²) in [5.74, 6) is -2.30. The van der Waals surface area contributed by atoms with Crippen molar-refractivity contribution in [1.29, 1.82) is 0 Å². The van der Waals surface area contributed by atoms with E-state index >= 15 is 0 Å². The Kier molecular flexibility index (Phi) is 15.2. The van der Waals surface area contributed by atoms with Crippen LogP contribution < -0.4 is 10.6 Å². The number of aliphatic hydroxyl groups is 1. The van der Waals surface area contributed by atoms with Gasteiger partial charge in [0.15, 0.2) is 0 Å². The van der Waals surface area contributed by atoms with E-state index in [1.54, 1.807) is 40.6 Å². The zero-order valence-electron chi connectivity index (χ0n) is 39.2. The monoisotopic (exact) mass is 979 g/mol. The van der Waals surface area contributed by atoms with Gasteiger partial charge in [-0.2, -0.15) is 0 Å². The van der Waals surface area contributed by atoms with Crippen LogP contribution in [0.25, 0.3) is 20.9 Å². The first-order chi connectivity index (χ1) is 32.6. The summed E-state index contributed by atoms with van der Waals surface area (Å²) in [5, 5.41) is 30.8. The highest BCUT2D eigenvalue weighted by molar-refractivity contribution is 7.13. The largest absolute Gasteiger partial charge is 0.391 e. The molecule has 6 heterocycles. The second-order valence-electron chi connectivity index (χ2n) is 18.3. The smallest absolute Gasteiger partial charge is 0.243 e. The number of thiazole rings is 2. The number of benzene rings is 2. The summed E-state index contributed by atoms with van der Waals surface area (Å²) in [5.41, 5.74) is 10.0. The summed E-state index contributed by atoms with van der Waals surface area (Å²) in [6, 6.07) is 16.0. The molecule has 0 spiro atoms. The molecule has 6 atom stereocenters. The average Bonchev–Trinajstić information content (AvgIpc) is 4.19. The van der Waals surface area contributed by atoms with Crippen molar-refractivity contribution < 1.29 is 33.5 Å². The Labute approximate surface area is 407 Å². The zero-order valence-corrected chi connectivity index (χ0v) is 41.6. The molecule has 4 aromatic heterocycles. The number of ether oxygens (including phenoxy) is 1. The number of nitrogens with zero attached hydrogens (tertiary/aromatic N) is 7. The van der Waals surface area contributed by atoms with Gasteiger partial charge in [-0.25, -0.2) is 9.97 Å². The van der Waals surface area contributed by atoms with Crippen molar-refractivity contribution in [1.82, 2.24) is 45.8 Å². The van der Waals surface area contributed by atoms with Gasteiger partial charge in [0.1, 0.15) is 34.5 Å². The molecular weight excluding hydrogens is 923 g/mol. The van der Waals surface area contributed by atoms with Crippen LogP contribution in [0.1, 0.15) is 96.4 Å². The Morgan fingerprint density at radius 3 is 1.78 bits per heavy atom. The van der Waals surface area contributed by atoms with Crippen LogP contribution in [0.3, 0.4) is 0 Å². The standard InChI is InChI=1S/C49H57N9O7S3/c1-26(2)41(37-16-28(5)65-56-37)48(62)58-22-36(18-39(58)46(61)51-20-32-10-14-34(15-11-32)44-30(7)53-25-67-44)64-23-40-54-55-47(68-40)42(27(3)4)49(63)57-21-35(59)17-38(57)45(60)50-19-31-8-12-33(13-9-31)43-29(6)52-24-66-43/h8-16,24-27,35-36,38-39,41-42,59H,17-23H2,1-7H3,(H,50,60)(H,51,61)/t35-,36-,38+,39+,41-,42-/m1/s1. The minimum Gasteiger partial charge on any atom is -0.391 e. The van der Waals surface area contributed by atoms with Gasteiger partial charge in [0.25, 0.3) is 0 Å². The molecule has 0 unspecified atom stereocenters. The van der Waals surface area contributed by atoms with Gasteiger partial charge in [-0.15, -0.1) is 32.9 Å². The highest BCUT2D eigenvalue weighted by Crippen LogP contribution is 2.35. The predicted molar refractivity (Wildman–Crippen MR) is 259 cm³/mol. The molecule has 19 heteroatoms. The Morgan fingerprint density at radius 1 is 0.750 bits per heavy atom. The Balaban J connectivity index is 0.915. The molecule has 2 aromatic carbocycles. The number of carbonyl (C=O) groups excluding carboxylic acids is 4. The Morgan fingerprint density at radius 2 is 1.28 bits per heavy atom. The molecule has 2 aliphatic rings. The summed E-state index contributed by atoms with van der Waals surface area (Å²) in [4.78, 5) is 70.4. The number of hydrogen-bond acceptors (Lipinski definition) is 15. The Bertz CT molecular complexity index is 2710. The number of rotatable bonds is 17. The molecule has 0 saturated carbocycles. The van der Waals surface area contributed by atoms with Gasteiger partial charge in [0.2, 0.25) is 23.6 Å². The fourth-order valence-electron chi connectivity index (χ4n) is 8.99. The molecule has 4 amide bonds. The number of hydrogen-bond donors (Lipinski definition) is 3. The molecule has 2 saturated heterocycles. The van der Waals surface area contributed by atoms with Crippen LogP contribution in [0.5, 0.6) is 0 Å². The van der Waals surface area contributed by atoms with Gasteiger partial charge in [0, 0.05) is 45.1 Å². The van der Waals surface area contributed by atoms with Crippen molar-refractivity contribution in [2.24, 2.45) is 11.8 Å². The van der Waals surface area contributed by atoms with Crippen LogP contribution in [0.2, 0.25) is 0 Å². The number of aryl methyl sites for hydroxylation is 3. The molecule has 8 rings (SSSR count). The molecule has 2 fully saturated rings. The number of nitrogens with one attached hydrogen (secondary N) is 2. The fraction of sp³-hybridized carbons (Fsp3) is 0.449. The molecule has 0 radical (unpaired) electrons. The summed E-state index contributed by atoms with van der Waals surface area (Å²) in [7, 11) is 0. The van der Waals surface area contributed by atoms with Crippen LogP contribution in [0.4, 0.5) is 0 Å². The highest BCUT2D eigenvalue weighted by Gasteiger charge is 2.45. The minimum absolute atomic E-state index is 0.0247. The first-order valence-electron chi connectivity index (χ1n) is 22.8. The van der Waals surface area contributed by atoms with Crippen molar-refractivity contribution in [3.8, 4) is 20.9 Å². The van der Waals surface area contributed by atoms with Crippen LogP contribution >= 0.6 is 34.0 Å². The third-order valence-electron chi connectivity index (χ3n) is 12.6. The van der Waals surface area contributed by atoms with Gasteiger partial charge >= 0.3 is 0 Å². The van der Waals surface area contributed by atoms with Crippen molar-refractivity contribution in [2.45, 2.75) is 117 Å². The number of carbonyl (C=O) groups is 4. The first-order valence-corrected chi connectivity index (χ1v) is 25.4. The quantitative estimate of drug-likeness (QED) is 0.0849. The molecule has 358 valence electrons. The maximum Gasteiger partial charge on any atom is 0.243 e. The van der Waals surface area contributed by atoms with E-state index in [0.717, 1.165) is 43.4 Å². The molecule has 3 N–H and O–H groups in total. The van der Waals surface area contributed by atoms with E-state index in [2.05, 4.69) is 36.0 Å². The lowest BCUT2D eigenvalue weighted by Gasteiger charge is -2.29. The van der Waals surface area contributed by atoms with E-state index < -0.39 is 36.1 Å². The first kappa shape index (κ1) is 48.7. The molecule has 68 heavy (non-hydrogen) atoms. The second kappa shape index (κ2) is 21.3. The number of aliphatic hydroxyl groups excluding tert-OH is 1. The van der Waals surface area contributed by atoms with Crippen LogP contribution in [0.15, 0.2) is 70.1 Å². The molecule has 6 aromatic rings. The third-order valence-corrected chi connectivity index (χ3v) is 15.5. The van der Waals surface area contributed by atoms with Crippen LogP contribution in [-0.2, 0) is 43.6 Å². The predicted octanol–water partition coefficient (Wildman–Crippen LogP) is 6.96. The molecule has 16 nitrogen and oxygen atoms in total. The number of aromatic nitrogens is 5. The van der Waals surface area contributed by atoms with Crippen molar-refractivity contribution >= 4 is 57.6 Å². The molecule has 0 bridgehead atoms. The van der Waals surface area contributed by atoms with E-state index in [1.165, 1.54) is 16.2 Å². The summed E-state index contributed by atoms with van der Waals surface area (Å²) in [6.07, 6.45) is -0.989. The van der Waals surface area contributed by atoms with Crippen LogP contribution in [0, 0.1) is 32.6 Å². The van der Waals surface area contributed by atoms with Crippen molar-refractivity contribution in [2.75, 3.05) is 13.1 Å². The molecular formula is C49H57N9O7S3. The van der Waals surface area contributed by atoms with Gasteiger partial charge in [0.05, 0.1) is 61.9 Å². The van der Waals surface area contributed by atoms with Crippen LogP contribution in [-0.4, -0.2) is 101 Å². The maximum absolute atomic E-state index is 14.4. The maximum atomic E-state index is 14.4.